The molecular weight excluding hydrogens is 220 g/mol. The Balaban J connectivity index is 2.64. The molecule has 0 bridgehead atoms. The lowest BCUT2D eigenvalue weighted by Gasteiger charge is -2.16. The van der Waals surface area contributed by atoms with Gasteiger partial charge in [0.2, 0.25) is 0 Å². The Labute approximate surface area is 103 Å². The van der Waals surface area contributed by atoms with Gasteiger partial charge in [0.25, 0.3) is 0 Å². The van der Waals surface area contributed by atoms with E-state index in [0.717, 1.165) is 12.8 Å². The zero-order chi connectivity index (χ0) is 13.1. The van der Waals surface area contributed by atoms with Crippen molar-refractivity contribution < 1.29 is 19.1 Å². The monoisotopic (exact) mass is 242 g/mol. The Bertz CT molecular complexity index is 268. The van der Waals surface area contributed by atoms with Crippen LogP contribution in [0, 0.1) is 17.3 Å². The quantitative estimate of drug-likeness (QED) is 0.709. The van der Waals surface area contributed by atoms with Crippen molar-refractivity contribution in [3.63, 3.8) is 0 Å². The van der Waals surface area contributed by atoms with E-state index in [4.69, 9.17) is 9.47 Å². The lowest BCUT2D eigenvalue weighted by molar-refractivity contribution is -0.145. The molecule has 98 valence electrons. The maximum atomic E-state index is 11.3. The standard InChI is InChI=1S/C13H22O4/c1-13(2)7-9(5-11(14)16-3)10(8-13)6-12(15)17-4/h9-10H,5-8H2,1-4H3. The van der Waals surface area contributed by atoms with Crippen LogP contribution >= 0.6 is 0 Å². The summed E-state index contributed by atoms with van der Waals surface area (Å²) in [5, 5.41) is 0. The number of hydrogen-bond donors (Lipinski definition) is 0. The average molecular weight is 242 g/mol. The molecule has 0 N–H and O–H groups in total. The molecule has 4 nitrogen and oxygen atoms in total. The van der Waals surface area contributed by atoms with Gasteiger partial charge in [-0.25, -0.2) is 0 Å². The van der Waals surface area contributed by atoms with Gasteiger partial charge in [-0.1, -0.05) is 13.8 Å². The van der Waals surface area contributed by atoms with Crippen LogP contribution in [0.1, 0.15) is 39.5 Å². The molecule has 0 heterocycles. The molecule has 1 rings (SSSR count). The first-order chi connectivity index (χ1) is 7.88. The van der Waals surface area contributed by atoms with Crippen LogP contribution in [-0.2, 0) is 19.1 Å². The van der Waals surface area contributed by atoms with Crippen LogP contribution in [0.15, 0.2) is 0 Å². The highest BCUT2D eigenvalue weighted by molar-refractivity contribution is 5.71. The minimum Gasteiger partial charge on any atom is -0.469 e. The summed E-state index contributed by atoms with van der Waals surface area (Å²) in [6.45, 7) is 4.35. The predicted molar refractivity (Wildman–Crippen MR) is 63.3 cm³/mol. The van der Waals surface area contributed by atoms with Gasteiger partial charge in [0, 0.05) is 12.8 Å². The fourth-order valence-corrected chi connectivity index (χ4v) is 2.91. The largest absolute Gasteiger partial charge is 0.469 e. The Morgan fingerprint density at radius 3 is 1.65 bits per heavy atom. The number of rotatable bonds is 4. The number of carbonyl (C=O) groups is 2. The smallest absolute Gasteiger partial charge is 0.305 e. The number of esters is 2. The fourth-order valence-electron chi connectivity index (χ4n) is 2.91. The van der Waals surface area contributed by atoms with Gasteiger partial charge in [0.05, 0.1) is 14.2 Å². The average Bonchev–Trinajstić information content (AvgIpc) is 2.52. The highest BCUT2D eigenvalue weighted by Crippen LogP contribution is 2.47. The molecule has 17 heavy (non-hydrogen) atoms. The molecule has 1 aliphatic carbocycles. The van der Waals surface area contributed by atoms with Crippen LogP contribution in [0.3, 0.4) is 0 Å². The van der Waals surface area contributed by atoms with Crippen molar-refractivity contribution in [3.8, 4) is 0 Å². The summed E-state index contributed by atoms with van der Waals surface area (Å²) in [6.07, 6.45) is 2.73. The maximum Gasteiger partial charge on any atom is 0.305 e. The first-order valence-corrected chi connectivity index (χ1v) is 6.01. The minimum atomic E-state index is -0.192. The second-order valence-electron chi connectivity index (χ2n) is 5.65. The van der Waals surface area contributed by atoms with Crippen molar-refractivity contribution in [3.05, 3.63) is 0 Å². The molecule has 4 heteroatoms. The molecular formula is C13H22O4. The number of ether oxygens (including phenoxy) is 2. The van der Waals surface area contributed by atoms with Gasteiger partial charge in [-0.05, 0) is 30.1 Å². The third kappa shape index (κ3) is 4.02. The zero-order valence-electron chi connectivity index (χ0n) is 11.1. The second kappa shape index (κ2) is 5.52. The van der Waals surface area contributed by atoms with Crippen molar-refractivity contribution in [1.82, 2.24) is 0 Å². The number of carbonyl (C=O) groups excluding carboxylic acids is 2. The van der Waals surface area contributed by atoms with Crippen LogP contribution < -0.4 is 0 Å². The van der Waals surface area contributed by atoms with Gasteiger partial charge in [0.15, 0.2) is 0 Å². The molecule has 2 unspecified atom stereocenters. The van der Waals surface area contributed by atoms with Gasteiger partial charge >= 0.3 is 11.9 Å². The van der Waals surface area contributed by atoms with Crippen molar-refractivity contribution in [2.24, 2.45) is 17.3 Å². The third-order valence-corrected chi connectivity index (χ3v) is 3.61. The van der Waals surface area contributed by atoms with Crippen LogP contribution in [0.4, 0.5) is 0 Å². The Morgan fingerprint density at radius 1 is 1.00 bits per heavy atom. The van der Waals surface area contributed by atoms with Gasteiger partial charge in [-0.15, -0.1) is 0 Å². The highest BCUT2D eigenvalue weighted by Gasteiger charge is 2.41. The van der Waals surface area contributed by atoms with Gasteiger partial charge in [-0.3, -0.25) is 9.59 Å². The summed E-state index contributed by atoms with van der Waals surface area (Å²) in [6, 6.07) is 0. The second-order valence-corrected chi connectivity index (χ2v) is 5.65. The summed E-state index contributed by atoms with van der Waals surface area (Å²) in [7, 11) is 2.80. The normalized spacial score (nSPS) is 26.6. The van der Waals surface area contributed by atoms with E-state index in [0.29, 0.717) is 12.8 Å². The first-order valence-electron chi connectivity index (χ1n) is 6.01. The highest BCUT2D eigenvalue weighted by atomic mass is 16.5. The molecule has 2 atom stereocenters. The van der Waals surface area contributed by atoms with Crippen LogP contribution in [0.25, 0.3) is 0 Å². The minimum absolute atomic E-state index is 0.192. The summed E-state index contributed by atoms with van der Waals surface area (Å²) in [4.78, 5) is 22.7. The van der Waals surface area contributed by atoms with E-state index in [1.54, 1.807) is 0 Å². The Morgan fingerprint density at radius 2 is 1.35 bits per heavy atom. The van der Waals surface area contributed by atoms with Crippen molar-refractivity contribution in [1.29, 1.82) is 0 Å². The van der Waals surface area contributed by atoms with Crippen LogP contribution in [0.2, 0.25) is 0 Å². The molecule has 0 saturated heterocycles. The first kappa shape index (κ1) is 14.0. The molecule has 0 aliphatic heterocycles. The molecule has 0 radical (unpaired) electrons. The van der Waals surface area contributed by atoms with E-state index >= 15 is 0 Å². The zero-order valence-corrected chi connectivity index (χ0v) is 11.1. The predicted octanol–water partition coefficient (Wildman–Crippen LogP) is 2.17. The van der Waals surface area contributed by atoms with Crippen LogP contribution in [-0.4, -0.2) is 26.2 Å². The van der Waals surface area contributed by atoms with Crippen LogP contribution in [0.5, 0.6) is 0 Å². The third-order valence-electron chi connectivity index (χ3n) is 3.61. The van der Waals surface area contributed by atoms with Crippen molar-refractivity contribution in [2.75, 3.05) is 14.2 Å². The SMILES string of the molecule is COC(=O)CC1CC(C)(C)CC1CC(=O)OC. The Kier molecular flexibility index (Phi) is 4.54. The number of hydrogen-bond acceptors (Lipinski definition) is 4. The molecule has 0 spiro atoms. The molecule has 1 aliphatic rings. The molecule has 1 fully saturated rings. The number of methoxy groups -OCH3 is 2. The fraction of sp³-hybridized carbons (Fsp3) is 0.846. The topological polar surface area (TPSA) is 52.6 Å². The van der Waals surface area contributed by atoms with E-state index in [2.05, 4.69) is 13.8 Å². The van der Waals surface area contributed by atoms with E-state index in [1.165, 1.54) is 14.2 Å². The Hall–Kier alpha value is -1.06. The summed E-state index contributed by atoms with van der Waals surface area (Å²) >= 11 is 0. The molecule has 0 aromatic heterocycles. The lowest BCUT2D eigenvalue weighted by Crippen LogP contribution is -2.17. The van der Waals surface area contributed by atoms with E-state index in [1.807, 2.05) is 0 Å². The van der Waals surface area contributed by atoms with E-state index < -0.39 is 0 Å². The lowest BCUT2D eigenvalue weighted by atomic mass is 9.90. The molecule has 0 amide bonds. The molecule has 1 saturated carbocycles. The van der Waals surface area contributed by atoms with Gasteiger partial charge < -0.3 is 9.47 Å². The van der Waals surface area contributed by atoms with Crippen molar-refractivity contribution in [2.45, 2.75) is 39.5 Å². The van der Waals surface area contributed by atoms with Crippen molar-refractivity contribution >= 4 is 11.9 Å². The summed E-state index contributed by atoms with van der Waals surface area (Å²) < 4.78 is 9.41. The molecule has 0 aromatic rings. The van der Waals surface area contributed by atoms with E-state index in [-0.39, 0.29) is 29.2 Å². The summed E-state index contributed by atoms with van der Waals surface area (Å²) in [5.74, 6) is 0.0817. The van der Waals surface area contributed by atoms with E-state index in [9.17, 15) is 9.59 Å². The maximum absolute atomic E-state index is 11.3. The summed E-state index contributed by atoms with van der Waals surface area (Å²) in [5.41, 5.74) is 0.192. The molecule has 0 aromatic carbocycles. The van der Waals surface area contributed by atoms with Gasteiger partial charge in [0.1, 0.15) is 0 Å². The van der Waals surface area contributed by atoms with Gasteiger partial charge in [-0.2, -0.15) is 0 Å².